The van der Waals surface area contributed by atoms with Crippen LogP contribution in [0.15, 0.2) is 90.7 Å². The lowest BCUT2D eigenvalue weighted by Crippen LogP contribution is -2.31. The number of benzene rings is 1. The van der Waals surface area contributed by atoms with E-state index in [0.29, 0.717) is 35.8 Å². The van der Waals surface area contributed by atoms with Gasteiger partial charge in [-0.15, -0.1) is 0 Å². The van der Waals surface area contributed by atoms with E-state index in [4.69, 9.17) is 0 Å². The fraction of sp³-hybridized carbons (Fsp3) is 0.0769. The number of anilines is 1. The maximum atomic E-state index is 14.5. The highest BCUT2D eigenvalue weighted by atomic mass is 32.2. The van der Waals surface area contributed by atoms with Crippen LogP contribution in [0.25, 0.3) is 17.2 Å². The van der Waals surface area contributed by atoms with Crippen molar-refractivity contribution >= 4 is 33.0 Å². The highest BCUT2D eigenvalue weighted by Gasteiger charge is 2.25. The Morgan fingerprint density at radius 2 is 1.90 bits per heavy atom. The van der Waals surface area contributed by atoms with Gasteiger partial charge in [0.05, 0.1) is 11.9 Å². The molecule has 0 saturated carbocycles. The SMILES string of the molecule is O=C(NS(=O)(=O)c1ccc(-n2ccnc2)nc1)c1cnc2ccc(N3CCC=C3c3cc(F)ccc3F)cn12. The number of hydrogen-bond acceptors (Lipinski definition) is 7. The van der Waals surface area contributed by atoms with E-state index >= 15 is 0 Å². The number of imidazole rings is 2. The minimum atomic E-state index is -4.24. The van der Waals surface area contributed by atoms with Crippen LogP contribution in [0.2, 0.25) is 0 Å². The summed E-state index contributed by atoms with van der Waals surface area (Å²) in [6.45, 7) is 0.503. The normalized spacial score (nSPS) is 13.6. The van der Waals surface area contributed by atoms with Crippen LogP contribution in [0.5, 0.6) is 0 Å². The molecule has 0 saturated heterocycles. The van der Waals surface area contributed by atoms with Crippen molar-refractivity contribution < 1.29 is 22.0 Å². The van der Waals surface area contributed by atoms with Crippen molar-refractivity contribution in [3.8, 4) is 5.82 Å². The molecule has 1 aromatic carbocycles. The van der Waals surface area contributed by atoms with E-state index in [2.05, 4.69) is 19.7 Å². The van der Waals surface area contributed by atoms with Gasteiger partial charge in [0.15, 0.2) is 0 Å². The summed E-state index contributed by atoms with van der Waals surface area (Å²) in [7, 11) is -4.24. The van der Waals surface area contributed by atoms with Crippen molar-refractivity contribution in [1.82, 2.24) is 28.6 Å². The van der Waals surface area contributed by atoms with Gasteiger partial charge >= 0.3 is 0 Å². The molecule has 13 heteroatoms. The van der Waals surface area contributed by atoms with Gasteiger partial charge in [-0.1, -0.05) is 6.08 Å². The molecule has 1 aliphatic heterocycles. The third-order valence-electron chi connectivity index (χ3n) is 6.25. The molecule has 196 valence electrons. The highest BCUT2D eigenvalue weighted by molar-refractivity contribution is 7.90. The van der Waals surface area contributed by atoms with Crippen LogP contribution in [0.4, 0.5) is 14.5 Å². The average molecular weight is 548 g/mol. The Morgan fingerprint density at radius 3 is 2.67 bits per heavy atom. The van der Waals surface area contributed by atoms with Crippen LogP contribution in [0, 0.1) is 11.6 Å². The van der Waals surface area contributed by atoms with Crippen molar-refractivity contribution in [1.29, 1.82) is 0 Å². The zero-order valence-electron chi connectivity index (χ0n) is 20.1. The number of carbonyl (C=O) groups is 1. The van der Waals surface area contributed by atoms with Crippen LogP contribution in [-0.2, 0) is 10.0 Å². The third-order valence-corrected chi connectivity index (χ3v) is 7.56. The summed E-state index contributed by atoms with van der Waals surface area (Å²) in [5.74, 6) is -1.56. The van der Waals surface area contributed by atoms with Crippen LogP contribution >= 0.6 is 0 Å². The topological polar surface area (TPSA) is 114 Å². The zero-order valence-corrected chi connectivity index (χ0v) is 20.9. The molecule has 0 fully saturated rings. The molecule has 0 aliphatic carbocycles. The Labute approximate surface area is 220 Å². The van der Waals surface area contributed by atoms with Crippen molar-refractivity contribution in [2.45, 2.75) is 11.3 Å². The molecule has 0 atom stereocenters. The molecule has 1 amide bonds. The number of sulfonamides is 1. The fourth-order valence-corrected chi connectivity index (χ4v) is 5.29. The number of aromatic nitrogens is 5. The molecule has 0 bridgehead atoms. The van der Waals surface area contributed by atoms with Gasteiger partial charge < -0.3 is 4.90 Å². The van der Waals surface area contributed by atoms with E-state index in [9.17, 15) is 22.0 Å². The lowest BCUT2D eigenvalue weighted by atomic mass is 10.1. The summed E-state index contributed by atoms with van der Waals surface area (Å²) in [6.07, 6.45) is 11.2. The molecule has 5 heterocycles. The molecular formula is C26H19F2N7O3S. The van der Waals surface area contributed by atoms with Crippen molar-refractivity contribution in [2.24, 2.45) is 0 Å². The van der Waals surface area contributed by atoms with E-state index in [0.717, 1.165) is 24.4 Å². The second-order valence-corrected chi connectivity index (χ2v) is 10.4. The van der Waals surface area contributed by atoms with Crippen LogP contribution in [-0.4, -0.2) is 44.8 Å². The smallest absolute Gasteiger partial charge is 0.283 e. The van der Waals surface area contributed by atoms with Crippen LogP contribution in [0.1, 0.15) is 22.5 Å². The van der Waals surface area contributed by atoms with Gasteiger partial charge in [-0.25, -0.2) is 36.9 Å². The lowest BCUT2D eigenvalue weighted by molar-refractivity contribution is 0.0975. The third kappa shape index (κ3) is 4.52. The minimum absolute atomic E-state index is 0.0277. The van der Waals surface area contributed by atoms with E-state index < -0.39 is 27.6 Å². The second kappa shape index (κ2) is 9.44. The summed E-state index contributed by atoms with van der Waals surface area (Å²) in [4.78, 5) is 26.9. The molecule has 5 aromatic rings. The van der Waals surface area contributed by atoms with Crippen LogP contribution in [0.3, 0.4) is 0 Å². The van der Waals surface area contributed by atoms with Gasteiger partial charge in [0.1, 0.15) is 40.0 Å². The first-order valence-electron chi connectivity index (χ1n) is 11.7. The van der Waals surface area contributed by atoms with E-state index in [1.54, 1.807) is 40.2 Å². The largest absolute Gasteiger partial charge is 0.340 e. The number of fused-ring (bicyclic) bond motifs is 1. The minimum Gasteiger partial charge on any atom is -0.340 e. The number of hydrogen-bond donors (Lipinski definition) is 1. The number of rotatable bonds is 6. The Kier molecular flexibility index (Phi) is 5.91. The molecule has 10 nitrogen and oxygen atoms in total. The first-order valence-corrected chi connectivity index (χ1v) is 13.2. The van der Waals surface area contributed by atoms with E-state index in [1.807, 2.05) is 6.08 Å². The molecule has 0 unspecified atom stereocenters. The molecule has 39 heavy (non-hydrogen) atoms. The molecule has 1 aliphatic rings. The Hall–Kier alpha value is -4.91. The molecular weight excluding hydrogens is 528 g/mol. The quantitative estimate of drug-likeness (QED) is 0.346. The first-order chi connectivity index (χ1) is 18.8. The molecule has 6 rings (SSSR count). The summed E-state index contributed by atoms with van der Waals surface area (Å²) in [5, 5.41) is 0. The maximum Gasteiger partial charge on any atom is 0.283 e. The van der Waals surface area contributed by atoms with Gasteiger partial charge in [0.2, 0.25) is 0 Å². The molecule has 0 radical (unpaired) electrons. The van der Waals surface area contributed by atoms with Gasteiger partial charge in [-0.05, 0) is 48.9 Å². The van der Waals surface area contributed by atoms with Crippen molar-refractivity contribution in [2.75, 3.05) is 11.4 Å². The van der Waals surface area contributed by atoms with Gasteiger partial charge in [-0.2, -0.15) is 0 Å². The van der Waals surface area contributed by atoms with Gasteiger partial charge in [0.25, 0.3) is 15.9 Å². The number of carbonyl (C=O) groups excluding carboxylic acids is 1. The first kappa shape index (κ1) is 24.4. The standard InChI is InChI=1S/C26H19F2N7O3S/c27-17-3-6-21(28)20(12-17)22-2-1-10-34(22)18-4-7-25-31-14-23(35(25)15-18)26(36)32-39(37,38)19-5-8-24(30-13-19)33-11-9-29-16-33/h2-9,11-16H,1,10H2,(H,32,36). The highest BCUT2D eigenvalue weighted by Crippen LogP contribution is 2.33. The predicted octanol–water partition coefficient (Wildman–Crippen LogP) is 3.56. The van der Waals surface area contributed by atoms with Crippen LogP contribution < -0.4 is 9.62 Å². The van der Waals surface area contributed by atoms with E-state index in [-0.39, 0.29) is 16.2 Å². The second-order valence-electron chi connectivity index (χ2n) is 8.67. The van der Waals surface area contributed by atoms with Gasteiger partial charge in [0, 0.05) is 42.6 Å². The summed E-state index contributed by atoms with van der Waals surface area (Å²) < 4.78 is 59.3. The summed E-state index contributed by atoms with van der Waals surface area (Å²) >= 11 is 0. The zero-order chi connectivity index (χ0) is 27.1. The van der Waals surface area contributed by atoms with Gasteiger partial charge in [-0.3, -0.25) is 13.8 Å². The summed E-state index contributed by atoms with van der Waals surface area (Å²) in [6, 6.07) is 9.48. The monoisotopic (exact) mass is 547 g/mol. The Balaban J connectivity index is 1.27. The molecule has 4 aromatic heterocycles. The average Bonchev–Trinajstić information content (AvgIpc) is 3.70. The Morgan fingerprint density at radius 1 is 1.03 bits per heavy atom. The lowest BCUT2D eigenvalue weighted by Gasteiger charge is -2.23. The van der Waals surface area contributed by atoms with E-state index in [1.165, 1.54) is 29.1 Å². The molecule has 0 spiro atoms. The number of nitrogens with zero attached hydrogens (tertiary/aromatic N) is 6. The molecule has 1 N–H and O–H groups in total. The predicted molar refractivity (Wildman–Crippen MR) is 138 cm³/mol. The number of nitrogens with one attached hydrogen (secondary N) is 1. The number of amides is 1. The van der Waals surface area contributed by atoms with Crippen molar-refractivity contribution in [3.05, 3.63) is 109 Å². The fourth-order valence-electron chi connectivity index (χ4n) is 4.39. The number of halogens is 2. The summed E-state index contributed by atoms with van der Waals surface area (Å²) in [5.41, 5.74) is 1.57. The number of pyridine rings is 2. The Bertz CT molecular complexity index is 1850. The van der Waals surface area contributed by atoms with Crippen molar-refractivity contribution in [3.63, 3.8) is 0 Å². The maximum absolute atomic E-state index is 14.5.